The minimum Gasteiger partial charge on any atom is -0.324 e. The molecule has 0 atom stereocenters. The number of anilines is 1. The standard InChI is InChI=1S/C15H10Cl3NO/c1-7(20)19-15-13(17)6-11-10-3-2-9(16)4-8(10)5-12(11)14(15)18/h2-4,6H,5H2,1H3,(H,19,20). The smallest absolute Gasteiger partial charge is 0.221 e. The number of benzene rings is 2. The number of hydrogen-bond donors (Lipinski definition) is 1. The van der Waals surface area contributed by atoms with Crippen molar-refractivity contribution in [3.63, 3.8) is 0 Å². The number of carbonyl (C=O) groups is 1. The molecular weight excluding hydrogens is 317 g/mol. The van der Waals surface area contributed by atoms with Crippen molar-refractivity contribution >= 4 is 46.4 Å². The van der Waals surface area contributed by atoms with Gasteiger partial charge >= 0.3 is 0 Å². The van der Waals surface area contributed by atoms with E-state index in [1.54, 1.807) is 0 Å². The predicted octanol–water partition coefficient (Wildman–Crippen LogP) is 5.18. The summed E-state index contributed by atoms with van der Waals surface area (Å²) in [7, 11) is 0. The van der Waals surface area contributed by atoms with Gasteiger partial charge in [0.15, 0.2) is 0 Å². The molecule has 0 heterocycles. The van der Waals surface area contributed by atoms with Crippen LogP contribution in [0.1, 0.15) is 18.1 Å². The maximum absolute atomic E-state index is 11.2. The molecule has 1 aliphatic rings. The zero-order valence-corrected chi connectivity index (χ0v) is 12.8. The fourth-order valence-electron chi connectivity index (χ4n) is 2.53. The van der Waals surface area contributed by atoms with Gasteiger partial charge in [-0.3, -0.25) is 4.79 Å². The lowest BCUT2D eigenvalue weighted by molar-refractivity contribution is -0.114. The van der Waals surface area contributed by atoms with Crippen LogP contribution in [0.15, 0.2) is 24.3 Å². The van der Waals surface area contributed by atoms with Gasteiger partial charge in [-0.1, -0.05) is 40.9 Å². The molecule has 0 fully saturated rings. The first-order chi connectivity index (χ1) is 9.47. The van der Waals surface area contributed by atoms with Crippen LogP contribution >= 0.6 is 34.8 Å². The third-order valence-corrected chi connectivity index (χ3v) is 4.30. The predicted molar refractivity (Wildman–Crippen MR) is 84.0 cm³/mol. The Hall–Kier alpha value is -1.22. The van der Waals surface area contributed by atoms with Crippen LogP contribution in [0.2, 0.25) is 15.1 Å². The van der Waals surface area contributed by atoms with E-state index < -0.39 is 0 Å². The summed E-state index contributed by atoms with van der Waals surface area (Å²) in [6, 6.07) is 7.58. The zero-order chi connectivity index (χ0) is 14.4. The van der Waals surface area contributed by atoms with Gasteiger partial charge in [0.1, 0.15) is 0 Å². The summed E-state index contributed by atoms with van der Waals surface area (Å²) in [4.78, 5) is 11.2. The topological polar surface area (TPSA) is 29.1 Å². The second-order valence-corrected chi connectivity index (χ2v) is 5.95. The quantitative estimate of drug-likeness (QED) is 0.656. The van der Waals surface area contributed by atoms with Gasteiger partial charge in [0.05, 0.1) is 15.7 Å². The Labute approximate surface area is 131 Å². The Morgan fingerprint density at radius 1 is 1.15 bits per heavy atom. The van der Waals surface area contributed by atoms with Crippen molar-refractivity contribution in [3.8, 4) is 11.1 Å². The molecule has 0 radical (unpaired) electrons. The van der Waals surface area contributed by atoms with Crippen molar-refractivity contribution in [2.45, 2.75) is 13.3 Å². The average molecular weight is 327 g/mol. The van der Waals surface area contributed by atoms with Gasteiger partial charge in [-0.25, -0.2) is 0 Å². The second-order valence-electron chi connectivity index (χ2n) is 4.73. The molecule has 20 heavy (non-hydrogen) atoms. The number of nitrogens with one attached hydrogen (secondary N) is 1. The maximum Gasteiger partial charge on any atom is 0.221 e. The summed E-state index contributed by atoms with van der Waals surface area (Å²) >= 11 is 18.7. The summed E-state index contributed by atoms with van der Waals surface area (Å²) in [5, 5.41) is 4.31. The highest BCUT2D eigenvalue weighted by Crippen LogP contribution is 2.46. The Balaban J connectivity index is 2.18. The normalized spacial score (nSPS) is 12.0. The van der Waals surface area contributed by atoms with E-state index in [4.69, 9.17) is 34.8 Å². The SMILES string of the molecule is CC(=O)Nc1c(Cl)cc2c(c1Cl)Cc1cc(Cl)ccc1-2. The number of rotatable bonds is 1. The molecule has 1 N–H and O–H groups in total. The molecule has 1 aliphatic carbocycles. The molecule has 0 unspecified atom stereocenters. The van der Waals surface area contributed by atoms with E-state index in [1.807, 2.05) is 24.3 Å². The summed E-state index contributed by atoms with van der Waals surface area (Å²) in [6.07, 6.45) is 0.688. The van der Waals surface area contributed by atoms with Gasteiger partial charge in [-0.2, -0.15) is 0 Å². The van der Waals surface area contributed by atoms with Crippen LogP contribution in [0.3, 0.4) is 0 Å². The lowest BCUT2D eigenvalue weighted by Gasteiger charge is -2.12. The van der Waals surface area contributed by atoms with Gasteiger partial charge in [-0.15, -0.1) is 0 Å². The van der Waals surface area contributed by atoms with E-state index in [-0.39, 0.29) is 5.91 Å². The Kier molecular flexibility index (Phi) is 3.41. The molecule has 2 aromatic rings. The number of hydrogen-bond acceptors (Lipinski definition) is 1. The van der Waals surface area contributed by atoms with Gasteiger partial charge in [0, 0.05) is 18.4 Å². The van der Waals surface area contributed by atoms with Crippen molar-refractivity contribution in [2.24, 2.45) is 0 Å². The van der Waals surface area contributed by atoms with Crippen LogP contribution in [0.25, 0.3) is 11.1 Å². The third kappa shape index (κ3) is 2.18. The minimum atomic E-state index is -0.202. The molecule has 1 amide bonds. The van der Waals surface area contributed by atoms with Crippen LogP contribution < -0.4 is 5.32 Å². The Morgan fingerprint density at radius 2 is 1.90 bits per heavy atom. The van der Waals surface area contributed by atoms with Crippen molar-refractivity contribution < 1.29 is 4.79 Å². The lowest BCUT2D eigenvalue weighted by Crippen LogP contribution is -2.07. The van der Waals surface area contributed by atoms with Gasteiger partial charge in [0.2, 0.25) is 5.91 Å². The maximum atomic E-state index is 11.2. The molecule has 0 saturated carbocycles. The summed E-state index contributed by atoms with van der Waals surface area (Å²) in [6.45, 7) is 1.43. The van der Waals surface area contributed by atoms with Crippen LogP contribution in [-0.4, -0.2) is 5.91 Å². The molecule has 5 heteroatoms. The number of carbonyl (C=O) groups excluding carboxylic acids is 1. The molecule has 102 valence electrons. The van der Waals surface area contributed by atoms with Crippen LogP contribution in [0.5, 0.6) is 0 Å². The first kappa shape index (κ1) is 13.7. The fraction of sp³-hybridized carbons (Fsp3) is 0.133. The van der Waals surface area contributed by atoms with E-state index in [0.29, 0.717) is 27.2 Å². The fourth-order valence-corrected chi connectivity index (χ4v) is 3.34. The average Bonchev–Trinajstić information content (AvgIpc) is 2.72. The number of amides is 1. The number of halogens is 3. The van der Waals surface area contributed by atoms with Crippen molar-refractivity contribution in [1.82, 2.24) is 0 Å². The molecule has 0 saturated heterocycles. The Bertz CT molecular complexity index is 740. The van der Waals surface area contributed by atoms with Crippen molar-refractivity contribution in [2.75, 3.05) is 5.32 Å². The number of fused-ring (bicyclic) bond motifs is 3. The highest BCUT2D eigenvalue weighted by molar-refractivity contribution is 6.41. The summed E-state index contributed by atoms with van der Waals surface area (Å²) in [5.74, 6) is -0.202. The van der Waals surface area contributed by atoms with E-state index in [2.05, 4.69) is 5.32 Å². The van der Waals surface area contributed by atoms with Crippen LogP contribution in [0, 0.1) is 0 Å². The van der Waals surface area contributed by atoms with Crippen LogP contribution in [0.4, 0.5) is 5.69 Å². The van der Waals surface area contributed by atoms with Crippen LogP contribution in [-0.2, 0) is 11.2 Å². The lowest BCUT2D eigenvalue weighted by atomic mass is 10.1. The van der Waals surface area contributed by atoms with Gasteiger partial charge in [0.25, 0.3) is 0 Å². The van der Waals surface area contributed by atoms with E-state index in [9.17, 15) is 4.79 Å². The largest absolute Gasteiger partial charge is 0.324 e. The molecule has 0 bridgehead atoms. The molecule has 2 nitrogen and oxygen atoms in total. The Morgan fingerprint density at radius 3 is 2.60 bits per heavy atom. The monoisotopic (exact) mass is 325 g/mol. The molecular formula is C15H10Cl3NO. The van der Waals surface area contributed by atoms with Crippen molar-refractivity contribution in [3.05, 3.63) is 50.5 Å². The first-order valence-corrected chi connectivity index (χ1v) is 7.18. The van der Waals surface area contributed by atoms with Gasteiger partial charge < -0.3 is 5.32 Å². The third-order valence-electron chi connectivity index (χ3n) is 3.35. The molecule has 2 aromatic carbocycles. The van der Waals surface area contributed by atoms with Crippen molar-refractivity contribution in [1.29, 1.82) is 0 Å². The summed E-state index contributed by atoms with van der Waals surface area (Å²) in [5.41, 5.74) is 4.64. The van der Waals surface area contributed by atoms with E-state index in [0.717, 1.165) is 22.3 Å². The first-order valence-electron chi connectivity index (χ1n) is 6.04. The summed E-state index contributed by atoms with van der Waals surface area (Å²) < 4.78 is 0. The molecule has 0 aliphatic heterocycles. The van der Waals surface area contributed by atoms with Gasteiger partial charge in [-0.05, 0) is 40.5 Å². The highest BCUT2D eigenvalue weighted by Gasteiger charge is 2.25. The van der Waals surface area contributed by atoms with E-state index in [1.165, 1.54) is 6.92 Å². The minimum absolute atomic E-state index is 0.202. The highest BCUT2D eigenvalue weighted by atomic mass is 35.5. The molecule has 0 aromatic heterocycles. The molecule has 3 rings (SSSR count). The van der Waals surface area contributed by atoms with E-state index >= 15 is 0 Å². The zero-order valence-electron chi connectivity index (χ0n) is 10.6. The molecule has 0 spiro atoms. The second kappa shape index (κ2) is 4.96.